The highest BCUT2D eigenvalue weighted by Crippen LogP contribution is 2.43. The molecule has 0 bridgehead atoms. The van der Waals surface area contributed by atoms with E-state index < -0.39 is 9.84 Å². The third kappa shape index (κ3) is 3.55. The minimum Gasteiger partial charge on any atom is -0.308 e. The van der Waals surface area contributed by atoms with Crippen molar-refractivity contribution >= 4 is 9.84 Å². The molecule has 128 valence electrons. The Balaban J connectivity index is 1.72. The van der Waals surface area contributed by atoms with Crippen LogP contribution in [0, 0.1) is 5.41 Å². The minimum absolute atomic E-state index is 0.116. The molecule has 1 aliphatic carbocycles. The number of nitrogens with one attached hydrogen (secondary N) is 1. The second kappa shape index (κ2) is 6.69. The fourth-order valence-electron chi connectivity index (χ4n) is 3.54. The van der Waals surface area contributed by atoms with Crippen LogP contribution in [0.2, 0.25) is 0 Å². The SMILES string of the molecule is CC1(C)CCc2ccccc2[C@H]1NCCS(=O)(=O)c1ccccc1. The van der Waals surface area contributed by atoms with Gasteiger partial charge in [0.15, 0.2) is 9.84 Å². The van der Waals surface area contributed by atoms with Crippen molar-refractivity contribution in [3.05, 3.63) is 65.7 Å². The average Bonchev–Trinajstić information content (AvgIpc) is 2.57. The average molecular weight is 343 g/mol. The second-order valence-electron chi connectivity index (χ2n) is 7.21. The Bertz CT molecular complexity index is 797. The third-order valence-corrected chi connectivity index (χ3v) is 6.74. The van der Waals surface area contributed by atoms with Gasteiger partial charge in [0.05, 0.1) is 10.6 Å². The number of aryl methyl sites for hydroxylation is 1. The summed E-state index contributed by atoms with van der Waals surface area (Å²) in [4.78, 5) is 0.398. The van der Waals surface area contributed by atoms with Gasteiger partial charge in [0.25, 0.3) is 0 Å². The normalized spacial score (nSPS) is 19.7. The highest BCUT2D eigenvalue weighted by atomic mass is 32.2. The zero-order valence-electron chi connectivity index (χ0n) is 14.3. The van der Waals surface area contributed by atoms with Gasteiger partial charge in [-0.05, 0) is 41.5 Å². The molecule has 0 saturated carbocycles. The Morgan fingerprint density at radius 1 is 1.04 bits per heavy atom. The number of benzene rings is 2. The molecule has 0 aromatic heterocycles. The first-order valence-electron chi connectivity index (χ1n) is 8.49. The van der Waals surface area contributed by atoms with Crippen LogP contribution in [0.25, 0.3) is 0 Å². The molecule has 0 fully saturated rings. The summed E-state index contributed by atoms with van der Waals surface area (Å²) in [6, 6.07) is 17.4. The van der Waals surface area contributed by atoms with Crippen LogP contribution in [0.4, 0.5) is 0 Å². The lowest BCUT2D eigenvalue weighted by Crippen LogP contribution is -2.40. The van der Waals surface area contributed by atoms with Crippen molar-refractivity contribution in [1.82, 2.24) is 5.32 Å². The molecule has 0 saturated heterocycles. The lowest BCUT2D eigenvalue weighted by molar-refractivity contribution is 0.212. The molecule has 3 rings (SSSR count). The van der Waals surface area contributed by atoms with E-state index in [0.29, 0.717) is 11.4 Å². The van der Waals surface area contributed by atoms with Gasteiger partial charge in [-0.1, -0.05) is 56.3 Å². The maximum Gasteiger partial charge on any atom is 0.179 e. The number of sulfone groups is 1. The molecule has 0 amide bonds. The van der Waals surface area contributed by atoms with Gasteiger partial charge in [0, 0.05) is 12.6 Å². The van der Waals surface area contributed by atoms with Crippen LogP contribution in [0.5, 0.6) is 0 Å². The van der Waals surface area contributed by atoms with Crippen molar-refractivity contribution in [3.63, 3.8) is 0 Å². The second-order valence-corrected chi connectivity index (χ2v) is 9.32. The van der Waals surface area contributed by atoms with Gasteiger partial charge in [-0.25, -0.2) is 8.42 Å². The first-order chi connectivity index (χ1) is 11.4. The van der Waals surface area contributed by atoms with Crippen LogP contribution in [-0.2, 0) is 16.3 Å². The van der Waals surface area contributed by atoms with Crippen LogP contribution < -0.4 is 5.32 Å². The molecule has 24 heavy (non-hydrogen) atoms. The van der Waals surface area contributed by atoms with E-state index in [4.69, 9.17) is 0 Å². The van der Waals surface area contributed by atoms with E-state index in [1.807, 2.05) is 6.07 Å². The highest BCUT2D eigenvalue weighted by molar-refractivity contribution is 7.91. The summed E-state index contributed by atoms with van der Waals surface area (Å²) in [6.45, 7) is 4.97. The zero-order chi connectivity index (χ0) is 17.2. The predicted octanol–water partition coefficient (Wildman–Crippen LogP) is 3.76. The molecular formula is C20H25NO2S. The van der Waals surface area contributed by atoms with Crippen molar-refractivity contribution in [2.24, 2.45) is 5.41 Å². The summed E-state index contributed by atoms with van der Waals surface area (Å²) in [5.74, 6) is 0.117. The largest absolute Gasteiger partial charge is 0.308 e. The van der Waals surface area contributed by atoms with Crippen molar-refractivity contribution in [3.8, 4) is 0 Å². The van der Waals surface area contributed by atoms with Crippen LogP contribution in [0.1, 0.15) is 37.4 Å². The number of rotatable bonds is 5. The van der Waals surface area contributed by atoms with Crippen molar-refractivity contribution < 1.29 is 8.42 Å². The van der Waals surface area contributed by atoms with Gasteiger partial charge in [0.2, 0.25) is 0 Å². The van der Waals surface area contributed by atoms with Crippen LogP contribution >= 0.6 is 0 Å². The lowest BCUT2D eigenvalue weighted by atomic mass is 9.70. The molecule has 0 aliphatic heterocycles. The molecule has 1 aliphatic rings. The highest BCUT2D eigenvalue weighted by Gasteiger charge is 2.35. The van der Waals surface area contributed by atoms with Gasteiger partial charge in [0.1, 0.15) is 0 Å². The first kappa shape index (κ1) is 17.2. The molecular weight excluding hydrogens is 318 g/mol. The van der Waals surface area contributed by atoms with Crippen LogP contribution in [0.15, 0.2) is 59.5 Å². The van der Waals surface area contributed by atoms with E-state index in [2.05, 4.69) is 43.4 Å². The summed E-state index contributed by atoms with van der Waals surface area (Å²) in [5.41, 5.74) is 2.80. The fourth-order valence-corrected chi connectivity index (χ4v) is 4.73. The first-order valence-corrected chi connectivity index (χ1v) is 10.1. The third-order valence-electron chi connectivity index (χ3n) is 5.01. The Morgan fingerprint density at radius 2 is 1.71 bits per heavy atom. The maximum absolute atomic E-state index is 12.4. The molecule has 0 unspecified atom stereocenters. The van der Waals surface area contributed by atoms with Gasteiger partial charge in [-0.3, -0.25) is 0 Å². The van der Waals surface area contributed by atoms with Gasteiger partial charge in [-0.15, -0.1) is 0 Å². The smallest absolute Gasteiger partial charge is 0.179 e. The Morgan fingerprint density at radius 3 is 2.46 bits per heavy atom. The van der Waals surface area contributed by atoms with Gasteiger partial charge < -0.3 is 5.32 Å². The minimum atomic E-state index is -3.24. The molecule has 4 heteroatoms. The summed E-state index contributed by atoms with van der Waals surface area (Å²) in [7, 11) is -3.24. The van der Waals surface area contributed by atoms with Crippen molar-refractivity contribution in [2.75, 3.05) is 12.3 Å². The Kier molecular flexibility index (Phi) is 4.79. The number of hydrogen-bond acceptors (Lipinski definition) is 3. The Labute approximate surface area is 145 Å². The van der Waals surface area contributed by atoms with Crippen LogP contribution in [-0.4, -0.2) is 20.7 Å². The summed E-state index contributed by atoms with van der Waals surface area (Å²) >= 11 is 0. The fraction of sp³-hybridized carbons (Fsp3) is 0.400. The number of fused-ring (bicyclic) bond motifs is 1. The maximum atomic E-state index is 12.4. The molecule has 3 nitrogen and oxygen atoms in total. The summed E-state index contributed by atoms with van der Waals surface area (Å²) in [6.07, 6.45) is 2.19. The van der Waals surface area contributed by atoms with Crippen molar-refractivity contribution in [1.29, 1.82) is 0 Å². The summed E-state index contributed by atoms with van der Waals surface area (Å²) < 4.78 is 24.9. The van der Waals surface area contributed by atoms with E-state index in [9.17, 15) is 8.42 Å². The van der Waals surface area contributed by atoms with E-state index >= 15 is 0 Å². The summed E-state index contributed by atoms with van der Waals surface area (Å²) in [5, 5.41) is 3.51. The molecule has 0 radical (unpaired) electrons. The quantitative estimate of drug-likeness (QED) is 0.899. The standard InChI is InChI=1S/C20H25NO2S/c1-20(2)13-12-16-8-6-7-11-18(16)19(20)21-14-15-24(22,23)17-9-4-3-5-10-17/h3-11,19,21H,12-15H2,1-2H3/t19-/m1/s1. The topological polar surface area (TPSA) is 46.2 Å². The molecule has 0 heterocycles. The van der Waals surface area contributed by atoms with Crippen LogP contribution in [0.3, 0.4) is 0 Å². The monoisotopic (exact) mass is 343 g/mol. The molecule has 2 aromatic rings. The van der Waals surface area contributed by atoms with E-state index in [-0.39, 0.29) is 17.2 Å². The Hall–Kier alpha value is -1.65. The molecule has 0 spiro atoms. The lowest BCUT2D eigenvalue weighted by Gasteiger charge is -2.40. The molecule has 1 N–H and O–H groups in total. The molecule has 2 aromatic carbocycles. The van der Waals surface area contributed by atoms with Crippen molar-refractivity contribution in [2.45, 2.75) is 37.6 Å². The van der Waals surface area contributed by atoms with Gasteiger partial charge >= 0.3 is 0 Å². The van der Waals surface area contributed by atoms with E-state index in [1.54, 1.807) is 24.3 Å². The van der Waals surface area contributed by atoms with Gasteiger partial charge in [-0.2, -0.15) is 0 Å². The van der Waals surface area contributed by atoms with E-state index in [0.717, 1.165) is 12.8 Å². The zero-order valence-corrected chi connectivity index (χ0v) is 15.1. The molecule has 1 atom stereocenters. The predicted molar refractivity (Wildman–Crippen MR) is 97.8 cm³/mol. The van der Waals surface area contributed by atoms with E-state index in [1.165, 1.54) is 11.1 Å². The number of hydrogen-bond donors (Lipinski definition) is 1.